The van der Waals surface area contributed by atoms with Gasteiger partial charge in [0.05, 0.1) is 0 Å². The molecule has 0 spiro atoms. The van der Waals surface area contributed by atoms with Gasteiger partial charge in [0.15, 0.2) is 0 Å². The second-order valence-electron chi connectivity index (χ2n) is 7.69. The lowest BCUT2D eigenvalue weighted by Crippen LogP contribution is -2.39. The highest BCUT2D eigenvalue weighted by Crippen LogP contribution is 2.25. The molecule has 6 nitrogen and oxygen atoms in total. The number of aromatic amines is 1. The van der Waals surface area contributed by atoms with Gasteiger partial charge in [0.2, 0.25) is 0 Å². The molecule has 0 radical (unpaired) electrons. The van der Waals surface area contributed by atoms with E-state index in [1.807, 2.05) is 24.3 Å². The van der Waals surface area contributed by atoms with E-state index in [0.717, 1.165) is 38.0 Å². The van der Waals surface area contributed by atoms with E-state index in [-0.39, 0.29) is 23.1 Å². The number of aromatic nitrogens is 2. The number of halogens is 1. The highest BCUT2D eigenvalue weighted by atomic mass is 19.1. The van der Waals surface area contributed by atoms with Crippen molar-refractivity contribution < 1.29 is 9.13 Å². The Bertz CT molecular complexity index is 1150. The van der Waals surface area contributed by atoms with Crippen LogP contribution in [0, 0.1) is 12.7 Å². The Morgan fingerprint density at radius 3 is 2.50 bits per heavy atom. The number of hydrogen-bond donors (Lipinski definition) is 1. The van der Waals surface area contributed by atoms with Crippen LogP contribution in [0.1, 0.15) is 30.0 Å². The lowest BCUT2D eigenvalue weighted by atomic mass is 10.0. The molecule has 0 amide bonds. The van der Waals surface area contributed by atoms with E-state index in [9.17, 15) is 14.0 Å². The molecule has 0 bridgehead atoms. The molecular weight excluding hydrogens is 385 g/mol. The SMILES string of the molecule is Cc1cn(C2CCN(Cc3cccc(Oc4cccc(F)c4)c3)CC2)c(=O)[nH]c1=O. The number of H-pyrrole nitrogens is 1. The Kier molecular flexibility index (Phi) is 5.81. The van der Waals surface area contributed by atoms with E-state index < -0.39 is 0 Å². The van der Waals surface area contributed by atoms with E-state index in [1.165, 1.54) is 12.1 Å². The van der Waals surface area contributed by atoms with Crippen LogP contribution < -0.4 is 16.0 Å². The van der Waals surface area contributed by atoms with Gasteiger partial charge in [0, 0.05) is 43.5 Å². The van der Waals surface area contributed by atoms with Crippen LogP contribution in [-0.4, -0.2) is 27.5 Å². The minimum Gasteiger partial charge on any atom is -0.457 e. The smallest absolute Gasteiger partial charge is 0.328 e. The summed E-state index contributed by atoms with van der Waals surface area (Å²) in [7, 11) is 0. The zero-order valence-corrected chi connectivity index (χ0v) is 16.8. The Labute approximate surface area is 173 Å². The van der Waals surface area contributed by atoms with E-state index in [0.29, 0.717) is 17.1 Å². The molecule has 3 aromatic rings. The minimum absolute atomic E-state index is 0.0898. The van der Waals surface area contributed by atoms with E-state index >= 15 is 0 Å². The minimum atomic E-state index is -0.341. The largest absolute Gasteiger partial charge is 0.457 e. The van der Waals surface area contributed by atoms with Crippen molar-refractivity contribution >= 4 is 0 Å². The molecule has 1 aliphatic heterocycles. The van der Waals surface area contributed by atoms with Crippen LogP contribution in [0.25, 0.3) is 0 Å². The highest BCUT2D eigenvalue weighted by Gasteiger charge is 2.22. The van der Waals surface area contributed by atoms with Gasteiger partial charge in [-0.1, -0.05) is 18.2 Å². The number of piperidine rings is 1. The maximum Gasteiger partial charge on any atom is 0.328 e. The normalized spacial score (nSPS) is 15.3. The molecule has 4 rings (SSSR count). The van der Waals surface area contributed by atoms with Gasteiger partial charge in [-0.25, -0.2) is 9.18 Å². The van der Waals surface area contributed by atoms with Crippen molar-refractivity contribution in [3.05, 3.63) is 92.5 Å². The van der Waals surface area contributed by atoms with Gasteiger partial charge >= 0.3 is 5.69 Å². The quantitative estimate of drug-likeness (QED) is 0.699. The average Bonchev–Trinajstić information content (AvgIpc) is 2.72. The van der Waals surface area contributed by atoms with Gasteiger partial charge in [-0.2, -0.15) is 0 Å². The molecule has 30 heavy (non-hydrogen) atoms. The maximum atomic E-state index is 13.4. The predicted octanol–water partition coefficient (Wildman–Crippen LogP) is 3.61. The molecule has 2 heterocycles. The summed E-state index contributed by atoms with van der Waals surface area (Å²) in [4.78, 5) is 28.4. The topological polar surface area (TPSA) is 67.3 Å². The van der Waals surface area contributed by atoms with Crippen LogP contribution in [-0.2, 0) is 6.54 Å². The fraction of sp³-hybridized carbons (Fsp3) is 0.304. The number of ether oxygens (including phenoxy) is 1. The summed E-state index contributed by atoms with van der Waals surface area (Å²) in [6.07, 6.45) is 3.34. The molecule has 7 heteroatoms. The zero-order valence-electron chi connectivity index (χ0n) is 16.8. The number of nitrogens with one attached hydrogen (secondary N) is 1. The van der Waals surface area contributed by atoms with Crippen LogP contribution in [0.15, 0.2) is 64.3 Å². The van der Waals surface area contributed by atoms with E-state index in [1.54, 1.807) is 29.8 Å². The number of rotatable bonds is 5. The van der Waals surface area contributed by atoms with E-state index in [4.69, 9.17) is 4.74 Å². The zero-order chi connectivity index (χ0) is 21.1. The first kappa shape index (κ1) is 20.1. The molecular formula is C23H24FN3O3. The Hall–Kier alpha value is -3.19. The summed E-state index contributed by atoms with van der Waals surface area (Å²) in [5.74, 6) is 0.807. The second kappa shape index (κ2) is 8.67. The lowest BCUT2D eigenvalue weighted by Gasteiger charge is -2.32. The number of nitrogens with zero attached hydrogens (tertiary/aromatic N) is 2. The third-order valence-corrected chi connectivity index (χ3v) is 5.43. The van der Waals surface area contributed by atoms with Gasteiger partial charge in [0.25, 0.3) is 5.56 Å². The first-order valence-electron chi connectivity index (χ1n) is 10.0. The lowest BCUT2D eigenvalue weighted by molar-refractivity contribution is 0.176. The fourth-order valence-corrected chi connectivity index (χ4v) is 3.85. The molecule has 1 aliphatic rings. The van der Waals surface area contributed by atoms with Crippen molar-refractivity contribution in [2.75, 3.05) is 13.1 Å². The summed E-state index contributed by atoms with van der Waals surface area (Å²) in [5.41, 5.74) is 0.992. The van der Waals surface area contributed by atoms with Crippen molar-refractivity contribution in [3.8, 4) is 11.5 Å². The Morgan fingerprint density at radius 1 is 1.07 bits per heavy atom. The molecule has 2 aromatic carbocycles. The molecule has 0 atom stereocenters. The molecule has 156 valence electrons. The molecule has 1 fully saturated rings. The average molecular weight is 409 g/mol. The molecule has 0 aliphatic carbocycles. The molecule has 1 saturated heterocycles. The maximum absolute atomic E-state index is 13.4. The third kappa shape index (κ3) is 4.68. The van der Waals surface area contributed by atoms with Crippen LogP contribution in [0.5, 0.6) is 11.5 Å². The first-order chi connectivity index (χ1) is 14.5. The summed E-state index contributed by atoms with van der Waals surface area (Å²) < 4.78 is 20.8. The molecule has 1 aromatic heterocycles. The van der Waals surface area contributed by atoms with Crippen LogP contribution in [0.2, 0.25) is 0 Å². The van der Waals surface area contributed by atoms with Crippen molar-refractivity contribution in [1.82, 2.24) is 14.5 Å². The van der Waals surface area contributed by atoms with Crippen molar-refractivity contribution in [2.24, 2.45) is 0 Å². The van der Waals surface area contributed by atoms with E-state index in [2.05, 4.69) is 9.88 Å². The van der Waals surface area contributed by atoms with Crippen LogP contribution in [0.3, 0.4) is 0 Å². The highest BCUT2D eigenvalue weighted by molar-refractivity contribution is 5.34. The monoisotopic (exact) mass is 409 g/mol. The Morgan fingerprint density at radius 2 is 1.77 bits per heavy atom. The van der Waals surface area contributed by atoms with Gasteiger partial charge in [0.1, 0.15) is 17.3 Å². The summed E-state index contributed by atoms with van der Waals surface area (Å²) in [6.45, 7) is 4.18. The van der Waals surface area contributed by atoms with Crippen molar-refractivity contribution in [1.29, 1.82) is 0 Å². The van der Waals surface area contributed by atoms with Crippen LogP contribution in [0.4, 0.5) is 4.39 Å². The number of benzene rings is 2. The van der Waals surface area contributed by atoms with Crippen molar-refractivity contribution in [2.45, 2.75) is 32.4 Å². The van der Waals surface area contributed by atoms with Crippen LogP contribution >= 0.6 is 0 Å². The van der Waals surface area contributed by atoms with Gasteiger partial charge in [-0.05, 0) is 49.6 Å². The number of aryl methyl sites for hydroxylation is 1. The van der Waals surface area contributed by atoms with Crippen molar-refractivity contribution in [3.63, 3.8) is 0 Å². The fourth-order valence-electron chi connectivity index (χ4n) is 3.85. The standard InChI is InChI=1S/C23H24FN3O3/c1-16-14-27(23(29)25-22(16)28)19-8-10-26(11-9-19)15-17-4-2-6-20(12-17)30-21-7-3-5-18(24)13-21/h2-7,12-14,19H,8-11,15H2,1H3,(H,25,28,29). The third-order valence-electron chi connectivity index (χ3n) is 5.43. The first-order valence-corrected chi connectivity index (χ1v) is 10.0. The molecule has 0 saturated carbocycles. The molecule has 0 unspecified atom stereocenters. The predicted molar refractivity (Wildman–Crippen MR) is 113 cm³/mol. The van der Waals surface area contributed by atoms with Gasteiger partial charge in [-0.3, -0.25) is 19.2 Å². The van der Waals surface area contributed by atoms with Gasteiger partial charge in [-0.15, -0.1) is 0 Å². The second-order valence-corrected chi connectivity index (χ2v) is 7.69. The summed E-state index contributed by atoms with van der Waals surface area (Å²) >= 11 is 0. The summed E-state index contributed by atoms with van der Waals surface area (Å²) in [6, 6.07) is 14.0. The van der Waals surface area contributed by atoms with Gasteiger partial charge < -0.3 is 4.74 Å². The summed E-state index contributed by atoms with van der Waals surface area (Å²) in [5, 5.41) is 0. The number of hydrogen-bond acceptors (Lipinski definition) is 4. The molecule has 1 N–H and O–H groups in total. The Balaban J connectivity index is 1.38. The number of likely N-dealkylation sites (tertiary alicyclic amines) is 1.